The van der Waals surface area contributed by atoms with Crippen LogP contribution in [0.2, 0.25) is 0 Å². The van der Waals surface area contributed by atoms with E-state index >= 15 is 0 Å². The van der Waals surface area contributed by atoms with Gasteiger partial charge in [0, 0.05) is 23.3 Å². The van der Waals surface area contributed by atoms with Crippen molar-refractivity contribution in [2.24, 2.45) is 0 Å². The smallest absolute Gasteiger partial charge is 0.262 e. The summed E-state index contributed by atoms with van der Waals surface area (Å²) in [6, 6.07) is 25.5. The van der Waals surface area contributed by atoms with E-state index in [1.165, 1.54) is 26.4 Å². The van der Waals surface area contributed by atoms with Crippen molar-refractivity contribution in [3.05, 3.63) is 97.1 Å². The maximum atomic E-state index is 13.4. The van der Waals surface area contributed by atoms with Gasteiger partial charge in [0.05, 0.1) is 35.4 Å². The van der Waals surface area contributed by atoms with E-state index in [0.29, 0.717) is 22.9 Å². The van der Waals surface area contributed by atoms with E-state index in [0.717, 1.165) is 0 Å². The molecule has 8 nitrogen and oxygen atoms in total. The van der Waals surface area contributed by atoms with Gasteiger partial charge in [-0.05, 0) is 36.4 Å². The molecule has 0 radical (unpaired) electrons. The third-order valence-corrected chi connectivity index (χ3v) is 8.17. The van der Waals surface area contributed by atoms with Gasteiger partial charge in [-0.15, -0.1) is 0 Å². The van der Waals surface area contributed by atoms with E-state index in [1.54, 1.807) is 84.9 Å². The summed E-state index contributed by atoms with van der Waals surface area (Å²) in [5, 5.41) is 0. The summed E-state index contributed by atoms with van der Waals surface area (Å²) in [6.45, 7) is 0. The van der Waals surface area contributed by atoms with Crippen molar-refractivity contribution >= 4 is 31.4 Å². The van der Waals surface area contributed by atoms with Crippen LogP contribution in [0, 0.1) is 0 Å². The van der Waals surface area contributed by atoms with Crippen molar-refractivity contribution < 1.29 is 26.3 Å². The Morgan fingerprint density at radius 3 is 1.31 bits per heavy atom. The predicted octanol–water partition coefficient (Wildman–Crippen LogP) is 4.97. The maximum absolute atomic E-state index is 13.4. The molecule has 0 aliphatic rings. The minimum Gasteiger partial charge on any atom is -0.497 e. The van der Waals surface area contributed by atoms with Crippen LogP contribution in [-0.4, -0.2) is 31.1 Å². The van der Waals surface area contributed by atoms with Crippen molar-refractivity contribution in [1.29, 1.82) is 0 Å². The molecule has 36 heavy (non-hydrogen) atoms. The maximum Gasteiger partial charge on any atom is 0.262 e. The fourth-order valence-corrected chi connectivity index (χ4v) is 6.19. The SMILES string of the molecule is COc1cccc(NS(=O)(=O)c2ccccc2-c2ccccc2S(=O)(=O)Nc2cccc(OC)c2)c1. The van der Waals surface area contributed by atoms with Crippen LogP contribution >= 0.6 is 0 Å². The Morgan fingerprint density at radius 1 is 0.528 bits per heavy atom. The van der Waals surface area contributed by atoms with E-state index in [-0.39, 0.29) is 20.9 Å². The molecule has 0 bridgehead atoms. The number of ether oxygens (including phenoxy) is 2. The summed E-state index contributed by atoms with van der Waals surface area (Å²) in [4.78, 5) is -0.145. The first-order valence-electron chi connectivity index (χ1n) is 10.8. The molecule has 0 aliphatic heterocycles. The van der Waals surface area contributed by atoms with Gasteiger partial charge in [-0.2, -0.15) is 0 Å². The Balaban J connectivity index is 1.76. The molecular formula is C26H24N2O6S2. The van der Waals surface area contributed by atoms with Crippen LogP contribution in [0.3, 0.4) is 0 Å². The molecule has 0 unspecified atom stereocenters. The van der Waals surface area contributed by atoms with Crippen molar-refractivity contribution in [3.8, 4) is 22.6 Å². The van der Waals surface area contributed by atoms with Crippen LogP contribution in [0.5, 0.6) is 11.5 Å². The summed E-state index contributed by atoms with van der Waals surface area (Å²) in [6.07, 6.45) is 0. The quantitative estimate of drug-likeness (QED) is 0.320. The zero-order valence-electron chi connectivity index (χ0n) is 19.5. The highest BCUT2D eigenvalue weighted by atomic mass is 32.2. The van der Waals surface area contributed by atoms with Gasteiger partial charge in [0.25, 0.3) is 20.0 Å². The predicted molar refractivity (Wildman–Crippen MR) is 139 cm³/mol. The Hall–Kier alpha value is -4.02. The van der Waals surface area contributed by atoms with E-state index in [4.69, 9.17) is 9.47 Å². The molecule has 2 N–H and O–H groups in total. The lowest BCUT2D eigenvalue weighted by atomic mass is 10.1. The molecule has 0 amide bonds. The molecular weight excluding hydrogens is 500 g/mol. The second-order valence-electron chi connectivity index (χ2n) is 7.67. The minimum absolute atomic E-state index is 0.0724. The molecule has 0 saturated heterocycles. The molecule has 0 atom stereocenters. The number of rotatable bonds is 9. The van der Waals surface area contributed by atoms with Gasteiger partial charge in [0.15, 0.2) is 0 Å². The molecule has 10 heteroatoms. The van der Waals surface area contributed by atoms with Crippen LogP contribution in [0.4, 0.5) is 11.4 Å². The topological polar surface area (TPSA) is 111 Å². The molecule has 0 aliphatic carbocycles. The molecule has 186 valence electrons. The van der Waals surface area contributed by atoms with Gasteiger partial charge in [0.2, 0.25) is 0 Å². The fraction of sp³-hybridized carbons (Fsp3) is 0.0769. The van der Waals surface area contributed by atoms with Gasteiger partial charge < -0.3 is 9.47 Å². The highest BCUT2D eigenvalue weighted by molar-refractivity contribution is 7.93. The lowest BCUT2D eigenvalue weighted by Gasteiger charge is -2.16. The Morgan fingerprint density at radius 2 is 0.917 bits per heavy atom. The Labute approximate surface area is 210 Å². The van der Waals surface area contributed by atoms with Gasteiger partial charge in [-0.25, -0.2) is 16.8 Å². The largest absolute Gasteiger partial charge is 0.497 e. The van der Waals surface area contributed by atoms with Crippen LogP contribution in [0.1, 0.15) is 0 Å². The highest BCUT2D eigenvalue weighted by Crippen LogP contribution is 2.34. The first kappa shape index (κ1) is 25.1. The normalized spacial score (nSPS) is 11.5. The van der Waals surface area contributed by atoms with Crippen LogP contribution < -0.4 is 18.9 Å². The monoisotopic (exact) mass is 524 g/mol. The number of methoxy groups -OCH3 is 2. The fourth-order valence-electron chi connectivity index (χ4n) is 3.64. The molecule has 0 fully saturated rings. The van der Waals surface area contributed by atoms with Gasteiger partial charge >= 0.3 is 0 Å². The van der Waals surface area contributed by atoms with Crippen LogP contribution in [0.25, 0.3) is 11.1 Å². The second kappa shape index (κ2) is 10.3. The zero-order valence-corrected chi connectivity index (χ0v) is 21.1. The number of sulfonamides is 2. The lowest BCUT2D eigenvalue weighted by molar-refractivity contribution is 0.415. The van der Waals surface area contributed by atoms with E-state index < -0.39 is 20.0 Å². The molecule has 0 heterocycles. The van der Waals surface area contributed by atoms with E-state index in [9.17, 15) is 16.8 Å². The summed E-state index contributed by atoms with van der Waals surface area (Å²) >= 11 is 0. The van der Waals surface area contributed by atoms with Crippen molar-refractivity contribution in [1.82, 2.24) is 0 Å². The molecule has 0 saturated carbocycles. The first-order valence-corrected chi connectivity index (χ1v) is 13.7. The van der Waals surface area contributed by atoms with Crippen molar-refractivity contribution in [2.45, 2.75) is 9.79 Å². The number of hydrogen-bond donors (Lipinski definition) is 2. The van der Waals surface area contributed by atoms with Gasteiger partial charge in [-0.1, -0.05) is 48.5 Å². The second-order valence-corrected chi connectivity index (χ2v) is 11.0. The van der Waals surface area contributed by atoms with E-state index in [1.807, 2.05) is 0 Å². The summed E-state index contributed by atoms with van der Waals surface area (Å²) in [7, 11) is -5.20. The zero-order chi connectivity index (χ0) is 25.8. The molecule has 4 aromatic carbocycles. The number of benzene rings is 4. The summed E-state index contributed by atoms with van der Waals surface area (Å²) in [5.41, 5.74) is 1.09. The third kappa shape index (κ3) is 5.45. The summed E-state index contributed by atoms with van der Waals surface area (Å²) in [5.74, 6) is 0.979. The molecule has 0 aromatic heterocycles. The van der Waals surface area contributed by atoms with E-state index in [2.05, 4.69) is 9.44 Å². The van der Waals surface area contributed by atoms with Crippen LogP contribution in [0.15, 0.2) is 107 Å². The number of nitrogens with one attached hydrogen (secondary N) is 2. The minimum atomic E-state index is -4.08. The highest BCUT2D eigenvalue weighted by Gasteiger charge is 2.25. The average Bonchev–Trinajstić information content (AvgIpc) is 2.88. The number of hydrogen-bond acceptors (Lipinski definition) is 6. The standard InChI is InChI=1S/C26H24N2O6S2/c1-33-21-11-7-9-19(17-21)27-35(29,30)25-15-5-3-13-23(25)24-14-4-6-16-26(24)36(31,32)28-20-10-8-12-22(18-20)34-2/h3-18,27-28H,1-2H3. The first-order chi connectivity index (χ1) is 17.2. The van der Waals surface area contributed by atoms with Crippen molar-refractivity contribution in [3.63, 3.8) is 0 Å². The van der Waals surface area contributed by atoms with Gasteiger partial charge in [0.1, 0.15) is 11.5 Å². The third-order valence-electron chi connectivity index (χ3n) is 5.29. The molecule has 0 spiro atoms. The Bertz CT molecular complexity index is 1480. The molecule has 4 rings (SSSR count). The van der Waals surface area contributed by atoms with Crippen LogP contribution in [-0.2, 0) is 20.0 Å². The van der Waals surface area contributed by atoms with Crippen molar-refractivity contribution in [2.75, 3.05) is 23.7 Å². The molecule has 4 aromatic rings. The average molecular weight is 525 g/mol. The van der Waals surface area contributed by atoms with Gasteiger partial charge in [-0.3, -0.25) is 9.44 Å². The lowest BCUT2D eigenvalue weighted by Crippen LogP contribution is -2.16. The summed E-state index contributed by atoms with van der Waals surface area (Å²) < 4.78 is 69.0. The number of anilines is 2. The Kier molecular flexibility index (Phi) is 7.18.